The summed E-state index contributed by atoms with van der Waals surface area (Å²) in [4.78, 5) is 42.9. The second-order valence-electron chi connectivity index (χ2n) is 7.45. The molecule has 3 unspecified atom stereocenters. The van der Waals surface area contributed by atoms with Crippen LogP contribution in [0.1, 0.15) is 51.0 Å². The lowest BCUT2D eigenvalue weighted by atomic mass is 9.76. The Morgan fingerprint density at radius 1 is 1.33 bits per heavy atom. The van der Waals surface area contributed by atoms with Gasteiger partial charge in [-0.05, 0) is 37.3 Å². The van der Waals surface area contributed by atoms with Crippen molar-refractivity contribution in [1.29, 1.82) is 0 Å². The smallest absolute Gasteiger partial charge is 0.324 e. The number of hydrogen-bond donors (Lipinski definition) is 2. The van der Waals surface area contributed by atoms with E-state index in [1.165, 1.54) is 4.90 Å². The molecule has 1 aliphatic heterocycles. The monoisotopic (exact) mass is 372 g/mol. The Morgan fingerprint density at radius 2 is 2.19 bits per heavy atom. The summed E-state index contributed by atoms with van der Waals surface area (Å²) in [5.74, 6) is -0.479. The molecule has 146 valence electrons. The molecule has 1 aromatic rings. The molecule has 1 saturated carbocycles. The van der Waals surface area contributed by atoms with Gasteiger partial charge in [-0.3, -0.25) is 19.5 Å². The Kier molecular flexibility index (Phi) is 6.42. The number of carbonyl (C=O) groups excluding carboxylic acids is 3. The van der Waals surface area contributed by atoms with Gasteiger partial charge in [0.25, 0.3) is 0 Å². The summed E-state index contributed by atoms with van der Waals surface area (Å²) in [6.07, 6.45) is 8.14. The van der Waals surface area contributed by atoms with Crippen molar-refractivity contribution in [2.45, 2.75) is 58.0 Å². The number of aromatic nitrogens is 1. The van der Waals surface area contributed by atoms with Gasteiger partial charge < -0.3 is 10.6 Å². The summed E-state index contributed by atoms with van der Waals surface area (Å²) in [5, 5.41) is 5.90. The second-order valence-corrected chi connectivity index (χ2v) is 7.45. The van der Waals surface area contributed by atoms with E-state index in [2.05, 4.69) is 22.5 Å². The van der Waals surface area contributed by atoms with Crippen LogP contribution in [-0.2, 0) is 16.1 Å². The van der Waals surface area contributed by atoms with Crippen molar-refractivity contribution >= 4 is 17.8 Å². The molecule has 0 aromatic carbocycles. The van der Waals surface area contributed by atoms with Gasteiger partial charge in [-0.1, -0.05) is 25.8 Å². The highest BCUT2D eigenvalue weighted by molar-refractivity contribution is 5.99. The maximum absolute atomic E-state index is 12.7. The van der Waals surface area contributed by atoms with E-state index in [0.29, 0.717) is 32.4 Å². The van der Waals surface area contributed by atoms with Gasteiger partial charge in [0.1, 0.15) is 0 Å². The molecule has 4 amide bonds. The second kappa shape index (κ2) is 8.97. The number of carbonyl (C=O) groups is 3. The summed E-state index contributed by atoms with van der Waals surface area (Å²) in [6, 6.07) is 3.20. The van der Waals surface area contributed by atoms with E-state index in [4.69, 9.17) is 0 Å². The standard InChI is InChI=1S/C20H28N4O3/c1-2-3-4-10-24-19(26)16-8-7-15(11-17(16)23-20(24)27)18(25)22-13-14-6-5-9-21-12-14/h5-6,9,12,15-17H,2-4,7-8,10-11,13H2,1H3,(H,22,25)(H,23,27). The van der Waals surface area contributed by atoms with E-state index in [9.17, 15) is 14.4 Å². The van der Waals surface area contributed by atoms with Gasteiger partial charge in [0.05, 0.1) is 5.92 Å². The number of imide groups is 1. The van der Waals surface area contributed by atoms with E-state index < -0.39 is 0 Å². The summed E-state index contributed by atoms with van der Waals surface area (Å²) < 4.78 is 0. The van der Waals surface area contributed by atoms with E-state index >= 15 is 0 Å². The zero-order valence-electron chi connectivity index (χ0n) is 15.8. The van der Waals surface area contributed by atoms with Crippen molar-refractivity contribution in [2.75, 3.05) is 6.54 Å². The predicted octanol–water partition coefficient (Wildman–Crippen LogP) is 2.22. The molecule has 2 aliphatic rings. The van der Waals surface area contributed by atoms with Crippen LogP contribution < -0.4 is 10.6 Å². The zero-order chi connectivity index (χ0) is 19.2. The number of pyridine rings is 1. The van der Waals surface area contributed by atoms with Crippen LogP contribution in [-0.4, -0.2) is 40.3 Å². The number of urea groups is 1. The van der Waals surface area contributed by atoms with Gasteiger partial charge >= 0.3 is 6.03 Å². The Balaban J connectivity index is 1.53. The Bertz CT molecular complexity index is 679. The van der Waals surface area contributed by atoms with E-state index in [-0.39, 0.29) is 35.7 Å². The number of fused-ring (bicyclic) bond motifs is 1. The molecular formula is C20H28N4O3. The number of rotatable bonds is 7. The van der Waals surface area contributed by atoms with Crippen molar-refractivity contribution in [3.8, 4) is 0 Å². The Labute approximate surface area is 159 Å². The van der Waals surface area contributed by atoms with Crippen molar-refractivity contribution in [1.82, 2.24) is 20.5 Å². The lowest BCUT2D eigenvalue weighted by Gasteiger charge is -2.42. The van der Waals surface area contributed by atoms with Gasteiger partial charge in [-0.15, -0.1) is 0 Å². The first kappa shape index (κ1) is 19.3. The van der Waals surface area contributed by atoms with Crippen LogP contribution in [0.15, 0.2) is 24.5 Å². The molecule has 2 N–H and O–H groups in total. The number of nitrogens with one attached hydrogen (secondary N) is 2. The minimum absolute atomic E-state index is 0.0237. The molecular weight excluding hydrogens is 344 g/mol. The van der Waals surface area contributed by atoms with Gasteiger partial charge in [-0.25, -0.2) is 4.79 Å². The lowest BCUT2D eigenvalue weighted by Crippen LogP contribution is -2.62. The van der Waals surface area contributed by atoms with Crippen molar-refractivity contribution in [3.05, 3.63) is 30.1 Å². The number of hydrogen-bond acceptors (Lipinski definition) is 4. The molecule has 2 fully saturated rings. The fourth-order valence-corrected chi connectivity index (χ4v) is 3.97. The maximum Gasteiger partial charge on any atom is 0.324 e. The van der Waals surface area contributed by atoms with Crippen molar-refractivity contribution < 1.29 is 14.4 Å². The fourth-order valence-electron chi connectivity index (χ4n) is 3.97. The summed E-state index contributed by atoms with van der Waals surface area (Å²) in [7, 11) is 0. The highest BCUT2D eigenvalue weighted by Gasteiger charge is 2.45. The minimum atomic E-state index is -0.311. The molecule has 0 radical (unpaired) electrons. The van der Waals surface area contributed by atoms with Crippen LogP contribution >= 0.6 is 0 Å². The van der Waals surface area contributed by atoms with Gasteiger partial charge in [0.2, 0.25) is 11.8 Å². The highest BCUT2D eigenvalue weighted by atomic mass is 16.2. The average Bonchev–Trinajstić information content (AvgIpc) is 2.69. The van der Waals surface area contributed by atoms with Crippen LogP contribution in [0.4, 0.5) is 4.79 Å². The van der Waals surface area contributed by atoms with Crippen molar-refractivity contribution in [2.24, 2.45) is 11.8 Å². The van der Waals surface area contributed by atoms with E-state index in [1.54, 1.807) is 12.4 Å². The molecule has 7 nitrogen and oxygen atoms in total. The molecule has 3 atom stereocenters. The lowest BCUT2D eigenvalue weighted by molar-refractivity contribution is -0.139. The molecule has 1 saturated heterocycles. The van der Waals surface area contributed by atoms with Gasteiger partial charge in [0.15, 0.2) is 0 Å². The third-order valence-corrected chi connectivity index (χ3v) is 5.53. The Hall–Kier alpha value is -2.44. The zero-order valence-corrected chi connectivity index (χ0v) is 15.8. The quantitative estimate of drug-likeness (QED) is 0.718. The first-order valence-electron chi connectivity index (χ1n) is 9.88. The maximum atomic E-state index is 12.7. The van der Waals surface area contributed by atoms with Crippen LogP contribution in [0.5, 0.6) is 0 Å². The molecule has 7 heteroatoms. The number of unbranched alkanes of at least 4 members (excludes halogenated alkanes) is 2. The molecule has 3 rings (SSSR count). The summed E-state index contributed by atoms with van der Waals surface area (Å²) in [5.41, 5.74) is 0.948. The van der Waals surface area contributed by atoms with Crippen LogP contribution in [0.25, 0.3) is 0 Å². The number of amides is 4. The van der Waals surface area contributed by atoms with E-state index in [0.717, 1.165) is 24.8 Å². The first-order chi connectivity index (χ1) is 13.1. The molecule has 0 spiro atoms. The SMILES string of the molecule is CCCCCN1C(=O)NC2CC(C(=O)NCc3cccnc3)CCC2C1=O. The van der Waals surface area contributed by atoms with Gasteiger partial charge in [0, 0.05) is 37.4 Å². The predicted molar refractivity (Wildman–Crippen MR) is 100 cm³/mol. The molecule has 2 heterocycles. The van der Waals surface area contributed by atoms with Crippen LogP contribution in [0.2, 0.25) is 0 Å². The van der Waals surface area contributed by atoms with Crippen molar-refractivity contribution in [3.63, 3.8) is 0 Å². The third-order valence-electron chi connectivity index (χ3n) is 5.53. The van der Waals surface area contributed by atoms with Crippen LogP contribution in [0, 0.1) is 11.8 Å². The molecule has 0 bridgehead atoms. The number of nitrogens with zero attached hydrogens (tertiary/aromatic N) is 2. The summed E-state index contributed by atoms with van der Waals surface area (Å²) >= 11 is 0. The molecule has 1 aromatic heterocycles. The average molecular weight is 372 g/mol. The van der Waals surface area contributed by atoms with Crippen LogP contribution in [0.3, 0.4) is 0 Å². The topological polar surface area (TPSA) is 91.4 Å². The first-order valence-corrected chi connectivity index (χ1v) is 9.88. The largest absolute Gasteiger partial charge is 0.352 e. The normalized spacial score (nSPS) is 24.9. The fraction of sp³-hybridized carbons (Fsp3) is 0.600. The minimum Gasteiger partial charge on any atom is -0.352 e. The summed E-state index contributed by atoms with van der Waals surface area (Å²) in [6.45, 7) is 3.01. The molecule has 27 heavy (non-hydrogen) atoms. The third kappa shape index (κ3) is 4.64. The Morgan fingerprint density at radius 3 is 2.93 bits per heavy atom. The van der Waals surface area contributed by atoms with Gasteiger partial charge in [-0.2, -0.15) is 0 Å². The van der Waals surface area contributed by atoms with E-state index in [1.807, 2.05) is 12.1 Å². The highest BCUT2D eigenvalue weighted by Crippen LogP contribution is 2.33. The molecule has 1 aliphatic carbocycles.